The van der Waals surface area contributed by atoms with E-state index in [1.807, 2.05) is 12.4 Å². The molecule has 1 unspecified atom stereocenters. The number of hydrogen-bond donors (Lipinski definition) is 1. The maximum atomic E-state index is 12.9. The number of amides is 1. The van der Waals surface area contributed by atoms with Crippen LogP contribution in [0.5, 0.6) is 0 Å². The van der Waals surface area contributed by atoms with Crippen molar-refractivity contribution in [3.8, 4) is 22.7 Å². The van der Waals surface area contributed by atoms with Gasteiger partial charge in [-0.25, -0.2) is 4.98 Å². The second kappa shape index (κ2) is 10.8. The van der Waals surface area contributed by atoms with Crippen LogP contribution in [0.3, 0.4) is 0 Å². The SMILES string of the molecule is Cc1ccc(-c2ncn(C3CCCCC3)c2-c2ccc(C(=O)NCCC(C)N3CCCC3)o2)cc1. The average molecular weight is 475 g/mol. The Labute approximate surface area is 208 Å². The van der Waals surface area contributed by atoms with Crippen molar-refractivity contribution in [2.24, 2.45) is 0 Å². The maximum Gasteiger partial charge on any atom is 0.287 e. The standard InChI is InChI=1S/C29H38N4O2/c1-21-10-12-23(13-11-21)27-28(33(20-31-27)24-8-4-3-5-9-24)25-14-15-26(35-25)29(34)30-17-16-22(2)32-18-6-7-19-32/h10-15,20,22,24H,3-9,16-19H2,1-2H3,(H,30,34). The highest BCUT2D eigenvalue weighted by atomic mass is 16.4. The minimum absolute atomic E-state index is 0.148. The van der Waals surface area contributed by atoms with Gasteiger partial charge in [0.05, 0.1) is 12.0 Å². The zero-order chi connectivity index (χ0) is 24.2. The number of likely N-dealkylation sites (tertiary alicyclic amines) is 1. The molecule has 2 fully saturated rings. The van der Waals surface area contributed by atoms with Crippen LogP contribution in [0.25, 0.3) is 22.7 Å². The Morgan fingerprint density at radius 1 is 1.06 bits per heavy atom. The van der Waals surface area contributed by atoms with E-state index >= 15 is 0 Å². The van der Waals surface area contributed by atoms with Gasteiger partial charge in [-0.1, -0.05) is 49.1 Å². The van der Waals surface area contributed by atoms with Crippen molar-refractivity contribution in [3.63, 3.8) is 0 Å². The van der Waals surface area contributed by atoms with Crippen LogP contribution in [-0.2, 0) is 0 Å². The first-order valence-corrected chi connectivity index (χ1v) is 13.4. The summed E-state index contributed by atoms with van der Waals surface area (Å²) in [5.74, 6) is 0.921. The molecule has 1 atom stereocenters. The van der Waals surface area contributed by atoms with Crippen molar-refractivity contribution in [1.82, 2.24) is 19.8 Å². The monoisotopic (exact) mass is 474 g/mol. The highest BCUT2D eigenvalue weighted by molar-refractivity contribution is 5.92. The summed E-state index contributed by atoms with van der Waals surface area (Å²) in [7, 11) is 0. The van der Waals surface area contributed by atoms with Crippen LogP contribution in [-0.4, -0.2) is 46.0 Å². The Bertz CT molecular complexity index is 1120. The number of benzene rings is 1. The van der Waals surface area contributed by atoms with Gasteiger partial charge in [0.15, 0.2) is 11.5 Å². The maximum absolute atomic E-state index is 12.9. The smallest absolute Gasteiger partial charge is 0.287 e. The fourth-order valence-electron chi connectivity index (χ4n) is 5.60. The quantitative estimate of drug-likeness (QED) is 0.420. The van der Waals surface area contributed by atoms with E-state index in [4.69, 9.17) is 9.40 Å². The van der Waals surface area contributed by atoms with E-state index in [1.54, 1.807) is 6.07 Å². The normalized spacial score (nSPS) is 18.1. The van der Waals surface area contributed by atoms with Gasteiger partial charge < -0.3 is 19.2 Å². The second-order valence-electron chi connectivity index (χ2n) is 10.3. The van der Waals surface area contributed by atoms with Gasteiger partial charge in [0.25, 0.3) is 5.91 Å². The van der Waals surface area contributed by atoms with Gasteiger partial charge >= 0.3 is 0 Å². The predicted octanol–water partition coefficient (Wildman–Crippen LogP) is 6.23. The number of carbonyl (C=O) groups is 1. The summed E-state index contributed by atoms with van der Waals surface area (Å²) in [5, 5.41) is 3.06. The topological polar surface area (TPSA) is 63.3 Å². The van der Waals surface area contributed by atoms with Gasteiger partial charge in [-0.3, -0.25) is 4.79 Å². The Morgan fingerprint density at radius 3 is 2.54 bits per heavy atom. The molecule has 2 aromatic heterocycles. The van der Waals surface area contributed by atoms with Crippen LogP contribution < -0.4 is 5.32 Å². The number of aryl methyl sites for hydroxylation is 1. The first-order chi connectivity index (χ1) is 17.1. The van der Waals surface area contributed by atoms with Gasteiger partial charge in [0, 0.05) is 24.2 Å². The largest absolute Gasteiger partial charge is 0.449 e. The molecule has 0 radical (unpaired) electrons. The summed E-state index contributed by atoms with van der Waals surface area (Å²) in [6.07, 6.45) is 11.6. The molecular formula is C29H38N4O2. The molecule has 0 spiro atoms. The number of furan rings is 1. The summed E-state index contributed by atoms with van der Waals surface area (Å²) in [4.78, 5) is 20.2. The minimum Gasteiger partial charge on any atom is -0.449 e. The van der Waals surface area contributed by atoms with Crippen LogP contribution >= 0.6 is 0 Å². The molecule has 3 aromatic rings. The van der Waals surface area contributed by atoms with Crippen molar-refractivity contribution in [2.45, 2.75) is 77.3 Å². The third-order valence-corrected chi connectivity index (χ3v) is 7.76. The van der Waals surface area contributed by atoms with E-state index in [2.05, 4.69) is 52.9 Å². The van der Waals surface area contributed by atoms with E-state index in [0.29, 0.717) is 30.1 Å². The third-order valence-electron chi connectivity index (χ3n) is 7.76. The molecule has 1 N–H and O–H groups in total. The van der Waals surface area contributed by atoms with Crippen molar-refractivity contribution in [3.05, 3.63) is 54.0 Å². The first kappa shape index (κ1) is 23.9. The Morgan fingerprint density at radius 2 is 1.80 bits per heavy atom. The van der Waals surface area contributed by atoms with E-state index < -0.39 is 0 Å². The van der Waals surface area contributed by atoms with Crippen LogP contribution in [0.1, 0.15) is 80.5 Å². The van der Waals surface area contributed by atoms with E-state index in [9.17, 15) is 4.79 Å². The van der Waals surface area contributed by atoms with Crippen molar-refractivity contribution in [1.29, 1.82) is 0 Å². The van der Waals surface area contributed by atoms with E-state index in [0.717, 1.165) is 36.2 Å². The third kappa shape index (κ3) is 5.37. The summed E-state index contributed by atoms with van der Waals surface area (Å²) in [6.45, 7) is 7.35. The lowest BCUT2D eigenvalue weighted by atomic mass is 9.95. The van der Waals surface area contributed by atoms with Gasteiger partial charge in [-0.05, 0) is 71.2 Å². The van der Waals surface area contributed by atoms with Gasteiger partial charge in [-0.15, -0.1) is 0 Å². The van der Waals surface area contributed by atoms with E-state index in [-0.39, 0.29) is 5.91 Å². The molecule has 35 heavy (non-hydrogen) atoms. The highest BCUT2D eigenvalue weighted by Crippen LogP contribution is 2.38. The van der Waals surface area contributed by atoms with Crippen LogP contribution in [0.15, 0.2) is 47.1 Å². The summed E-state index contributed by atoms with van der Waals surface area (Å²) in [6, 6.07) is 13.1. The number of imidazole rings is 1. The summed E-state index contributed by atoms with van der Waals surface area (Å²) < 4.78 is 8.47. The molecule has 1 aliphatic carbocycles. The fraction of sp³-hybridized carbons (Fsp3) is 0.517. The van der Waals surface area contributed by atoms with Crippen molar-refractivity contribution >= 4 is 5.91 Å². The van der Waals surface area contributed by atoms with Crippen LogP contribution in [0.4, 0.5) is 0 Å². The van der Waals surface area contributed by atoms with Crippen LogP contribution in [0.2, 0.25) is 0 Å². The zero-order valence-corrected chi connectivity index (χ0v) is 21.1. The molecular weight excluding hydrogens is 436 g/mol. The molecule has 1 aromatic carbocycles. The summed E-state index contributed by atoms with van der Waals surface area (Å²) >= 11 is 0. The molecule has 1 amide bonds. The summed E-state index contributed by atoms with van der Waals surface area (Å²) in [5.41, 5.74) is 4.18. The zero-order valence-electron chi connectivity index (χ0n) is 21.1. The molecule has 186 valence electrons. The van der Waals surface area contributed by atoms with Gasteiger partial charge in [0.2, 0.25) is 0 Å². The molecule has 1 saturated heterocycles. The molecule has 1 aliphatic heterocycles. The van der Waals surface area contributed by atoms with Crippen molar-refractivity contribution in [2.75, 3.05) is 19.6 Å². The number of aromatic nitrogens is 2. The number of hydrogen-bond acceptors (Lipinski definition) is 4. The molecule has 3 heterocycles. The van der Waals surface area contributed by atoms with Gasteiger partial charge in [0.1, 0.15) is 5.69 Å². The first-order valence-electron chi connectivity index (χ1n) is 13.4. The lowest BCUT2D eigenvalue weighted by molar-refractivity contribution is 0.0922. The lowest BCUT2D eigenvalue weighted by Crippen LogP contribution is -2.34. The Kier molecular flexibility index (Phi) is 7.37. The molecule has 6 nitrogen and oxygen atoms in total. The molecule has 1 saturated carbocycles. The number of carbonyl (C=O) groups excluding carboxylic acids is 1. The minimum atomic E-state index is -0.148. The number of rotatable bonds is 8. The highest BCUT2D eigenvalue weighted by Gasteiger charge is 2.25. The molecule has 2 aliphatic rings. The fourth-order valence-corrected chi connectivity index (χ4v) is 5.60. The predicted molar refractivity (Wildman–Crippen MR) is 139 cm³/mol. The molecule has 6 heteroatoms. The average Bonchev–Trinajstić information content (AvgIpc) is 3.65. The van der Waals surface area contributed by atoms with E-state index in [1.165, 1.54) is 50.8 Å². The number of nitrogens with one attached hydrogen (secondary N) is 1. The number of nitrogens with zero attached hydrogens (tertiary/aromatic N) is 3. The van der Waals surface area contributed by atoms with Crippen LogP contribution in [0, 0.1) is 6.92 Å². The molecule has 5 rings (SSSR count). The Hall–Kier alpha value is -2.86. The van der Waals surface area contributed by atoms with Gasteiger partial charge in [-0.2, -0.15) is 0 Å². The Balaban J connectivity index is 1.35. The van der Waals surface area contributed by atoms with Crippen molar-refractivity contribution < 1.29 is 9.21 Å². The molecule has 0 bridgehead atoms. The second-order valence-corrected chi connectivity index (χ2v) is 10.3. The lowest BCUT2D eigenvalue weighted by Gasteiger charge is -2.24.